The number of benzene rings is 1. The summed E-state index contributed by atoms with van der Waals surface area (Å²) in [4.78, 5) is 14.4. The summed E-state index contributed by atoms with van der Waals surface area (Å²) in [7, 11) is 0. The van der Waals surface area contributed by atoms with Crippen molar-refractivity contribution in [2.75, 3.05) is 23.8 Å². The van der Waals surface area contributed by atoms with Gasteiger partial charge in [0.05, 0.1) is 6.20 Å². The Labute approximate surface area is 140 Å². The summed E-state index contributed by atoms with van der Waals surface area (Å²) in [6.07, 6.45) is 4.04. The zero-order valence-electron chi connectivity index (χ0n) is 13.2. The Morgan fingerprint density at radius 2 is 2.22 bits per heavy atom. The lowest BCUT2D eigenvalue weighted by Gasteiger charge is -2.23. The van der Waals surface area contributed by atoms with E-state index in [1.807, 2.05) is 49.0 Å². The molecule has 1 N–H and O–H groups in total. The molecule has 1 amide bonds. The monoisotopic (exact) mass is 331 g/mol. The van der Waals surface area contributed by atoms with E-state index in [-0.39, 0.29) is 12.5 Å². The molecule has 1 fully saturated rings. The molecule has 1 aromatic carbocycles. The highest BCUT2D eigenvalue weighted by molar-refractivity contribution is 8.00. The Balaban J connectivity index is 1.63. The van der Waals surface area contributed by atoms with Crippen molar-refractivity contribution in [3.63, 3.8) is 0 Å². The molecule has 2 heterocycles. The third-order valence-electron chi connectivity index (χ3n) is 3.87. The second-order valence-electron chi connectivity index (χ2n) is 5.68. The van der Waals surface area contributed by atoms with Crippen molar-refractivity contribution in [1.82, 2.24) is 10.2 Å². The number of amides is 1. The minimum atomic E-state index is -0.0534. The number of aryl methyl sites for hydroxylation is 1. The summed E-state index contributed by atoms with van der Waals surface area (Å²) in [6.45, 7) is 2.75. The van der Waals surface area contributed by atoms with Crippen LogP contribution in [-0.4, -0.2) is 40.3 Å². The van der Waals surface area contributed by atoms with Gasteiger partial charge >= 0.3 is 0 Å². The third-order valence-corrected chi connectivity index (χ3v) is 5.25. The summed E-state index contributed by atoms with van der Waals surface area (Å²) in [5.74, 6) is 2.57. The van der Waals surface area contributed by atoms with Crippen LogP contribution in [0.25, 0.3) is 0 Å². The van der Waals surface area contributed by atoms with Crippen LogP contribution >= 0.6 is 11.8 Å². The van der Waals surface area contributed by atoms with Gasteiger partial charge in [0.1, 0.15) is 11.6 Å². The number of ether oxygens (including phenoxy) is 1. The van der Waals surface area contributed by atoms with Gasteiger partial charge in [-0.25, -0.2) is 0 Å². The Hall–Kier alpha value is -1.95. The van der Waals surface area contributed by atoms with E-state index in [1.54, 1.807) is 11.1 Å². The van der Waals surface area contributed by atoms with Gasteiger partial charge in [-0.15, -0.1) is 0 Å². The van der Waals surface area contributed by atoms with Crippen LogP contribution in [-0.2, 0) is 4.79 Å². The topological polar surface area (TPSA) is 58.2 Å². The van der Waals surface area contributed by atoms with Crippen molar-refractivity contribution in [3.05, 3.63) is 42.1 Å². The first-order valence-electron chi connectivity index (χ1n) is 7.83. The quantitative estimate of drug-likeness (QED) is 0.884. The molecular formula is C17H21N3O2S. The number of rotatable bonds is 6. The van der Waals surface area contributed by atoms with E-state index in [0.717, 1.165) is 12.2 Å². The number of hydrogen-bond donors (Lipinski definition) is 1. The number of H-pyrrole nitrogens is 1. The second-order valence-corrected chi connectivity index (χ2v) is 7.09. The first kappa shape index (κ1) is 15.9. The maximum absolute atomic E-state index is 12.6. The number of nitrogens with zero attached hydrogens (tertiary/aromatic N) is 2. The minimum Gasteiger partial charge on any atom is -0.484 e. The third kappa shape index (κ3) is 4.28. The lowest BCUT2D eigenvalue weighted by atomic mass is 10.2. The number of hydrogen-bond acceptors (Lipinski definition) is 4. The van der Waals surface area contributed by atoms with E-state index < -0.39 is 0 Å². The fourth-order valence-electron chi connectivity index (χ4n) is 2.58. The average Bonchev–Trinajstić information content (AvgIpc) is 3.25. The normalized spacial score (nSPS) is 17.2. The van der Waals surface area contributed by atoms with Crippen molar-refractivity contribution >= 4 is 23.5 Å². The van der Waals surface area contributed by atoms with E-state index in [9.17, 15) is 4.79 Å². The van der Waals surface area contributed by atoms with Gasteiger partial charge in [-0.3, -0.25) is 14.8 Å². The number of anilines is 1. The first-order valence-corrected chi connectivity index (χ1v) is 8.88. The molecule has 1 aromatic heterocycles. The lowest BCUT2D eigenvalue weighted by molar-refractivity contribution is -0.120. The molecule has 5 nitrogen and oxygen atoms in total. The van der Waals surface area contributed by atoms with Crippen LogP contribution in [0.5, 0.6) is 5.75 Å². The SMILES string of the molecule is Cc1ccc(OCC(=O)N(CC2CCCS2)c2ccn[nH]2)cc1. The summed E-state index contributed by atoms with van der Waals surface area (Å²) >= 11 is 1.93. The van der Waals surface area contributed by atoms with Gasteiger partial charge in [0, 0.05) is 17.9 Å². The fourth-order valence-corrected chi connectivity index (χ4v) is 3.84. The number of thioether (sulfide) groups is 1. The number of carbonyl (C=O) groups excluding carboxylic acids is 1. The Bertz CT molecular complexity index is 622. The van der Waals surface area contributed by atoms with Gasteiger partial charge in [0.2, 0.25) is 0 Å². The van der Waals surface area contributed by atoms with Crippen LogP contribution in [0.3, 0.4) is 0 Å². The molecule has 3 rings (SSSR count). The maximum Gasteiger partial charge on any atom is 0.266 e. The van der Waals surface area contributed by atoms with Gasteiger partial charge in [0.15, 0.2) is 6.61 Å². The molecule has 1 atom stereocenters. The van der Waals surface area contributed by atoms with E-state index in [1.165, 1.54) is 17.7 Å². The van der Waals surface area contributed by atoms with Crippen molar-refractivity contribution in [1.29, 1.82) is 0 Å². The Morgan fingerprint density at radius 3 is 2.87 bits per heavy atom. The molecule has 1 unspecified atom stereocenters. The van der Waals surface area contributed by atoms with Gasteiger partial charge in [0.25, 0.3) is 5.91 Å². The average molecular weight is 331 g/mol. The number of carbonyl (C=O) groups is 1. The van der Waals surface area contributed by atoms with Crippen molar-refractivity contribution in [3.8, 4) is 5.75 Å². The van der Waals surface area contributed by atoms with Gasteiger partial charge in [-0.05, 0) is 37.7 Å². The van der Waals surface area contributed by atoms with E-state index in [0.29, 0.717) is 17.5 Å². The van der Waals surface area contributed by atoms with Crippen molar-refractivity contribution in [2.45, 2.75) is 25.0 Å². The summed E-state index contributed by atoms with van der Waals surface area (Å²) in [5.41, 5.74) is 1.17. The van der Waals surface area contributed by atoms with E-state index in [2.05, 4.69) is 10.2 Å². The molecule has 122 valence electrons. The lowest BCUT2D eigenvalue weighted by Crippen LogP contribution is -2.39. The highest BCUT2D eigenvalue weighted by Crippen LogP contribution is 2.28. The van der Waals surface area contributed by atoms with Crippen molar-refractivity contribution in [2.24, 2.45) is 0 Å². The molecular weight excluding hydrogens is 310 g/mol. The molecule has 0 aliphatic carbocycles. The minimum absolute atomic E-state index is 0.0272. The molecule has 0 bridgehead atoms. The standard InChI is InChI=1S/C17H21N3O2S/c1-13-4-6-14(7-5-13)22-12-17(21)20(16-8-9-18-19-16)11-15-3-2-10-23-15/h4-9,15H,2-3,10-12H2,1H3,(H,18,19). The van der Waals surface area contributed by atoms with Gasteiger partial charge in [-0.1, -0.05) is 17.7 Å². The van der Waals surface area contributed by atoms with Gasteiger partial charge in [-0.2, -0.15) is 16.9 Å². The van der Waals surface area contributed by atoms with Crippen LogP contribution in [0, 0.1) is 6.92 Å². The zero-order valence-corrected chi connectivity index (χ0v) is 14.0. The van der Waals surface area contributed by atoms with Crippen LogP contribution < -0.4 is 9.64 Å². The Kier molecular flexibility index (Phi) is 5.23. The van der Waals surface area contributed by atoms with Crippen molar-refractivity contribution < 1.29 is 9.53 Å². The first-order chi connectivity index (χ1) is 11.2. The van der Waals surface area contributed by atoms with E-state index >= 15 is 0 Å². The molecule has 1 aliphatic rings. The molecule has 2 aromatic rings. The smallest absolute Gasteiger partial charge is 0.266 e. The summed E-state index contributed by atoms with van der Waals surface area (Å²) < 4.78 is 5.63. The van der Waals surface area contributed by atoms with E-state index in [4.69, 9.17) is 4.74 Å². The van der Waals surface area contributed by atoms with Crippen LogP contribution in [0.4, 0.5) is 5.82 Å². The largest absolute Gasteiger partial charge is 0.484 e. The van der Waals surface area contributed by atoms with Gasteiger partial charge < -0.3 is 4.74 Å². The summed E-state index contributed by atoms with van der Waals surface area (Å²) in [6, 6.07) is 9.54. The molecule has 23 heavy (non-hydrogen) atoms. The zero-order chi connectivity index (χ0) is 16.1. The molecule has 1 saturated heterocycles. The molecule has 1 aliphatic heterocycles. The Morgan fingerprint density at radius 1 is 1.39 bits per heavy atom. The summed E-state index contributed by atoms with van der Waals surface area (Å²) in [5, 5.41) is 7.34. The van der Waals surface area contributed by atoms with Crippen LogP contribution in [0.15, 0.2) is 36.5 Å². The number of nitrogens with one attached hydrogen (secondary N) is 1. The molecule has 0 saturated carbocycles. The highest BCUT2D eigenvalue weighted by atomic mass is 32.2. The van der Waals surface area contributed by atoms with Crippen LogP contribution in [0.1, 0.15) is 18.4 Å². The maximum atomic E-state index is 12.6. The second kappa shape index (κ2) is 7.55. The fraction of sp³-hybridized carbons (Fsp3) is 0.412. The molecule has 0 spiro atoms. The number of aromatic nitrogens is 2. The molecule has 0 radical (unpaired) electrons. The highest BCUT2D eigenvalue weighted by Gasteiger charge is 2.24. The number of aromatic amines is 1. The predicted molar refractivity (Wildman–Crippen MR) is 93.1 cm³/mol. The molecule has 6 heteroatoms. The van der Waals surface area contributed by atoms with Crippen LogP contribution in [0.2, 0.25) is 0 Å². The predicted octanol–water partition coefficient (Wildman–Crippen LogP) is 3.03.